The fourth-order valence-corrected chi connectivity index (χ4v) is 3.43. The predicted octanol–water partition coefficient (Wildman–Crippen LogP) is 2.41. The number of anilines is 1. The summed E-state index contributed by atoms with van der Waals surface area (Å²) in [6, 6.07) is 5.07. The molecule has 1 fully saturated rings. The SMILES string of the molecule is CS(=O)(=O)c1ccc2ncnc(N3CCCCCC3)c2c1. The van der Waals surface area contributed by atoms with Gasteiger partial charge in [0.05, 0.1) is 10.4 Å². The molecule has 2 heterocycles. The lowest BCUT2D eigenvalue weighted by atomic mass is 10.2. The standard InChI is InChI=1S/C15H19N3O2S/c1-21(19,20)12-6-7-14-13(10-12)15(17-11-16-14)18-8-4-2-3-5-9-18/h6-7,10-11H,2-5,8-9H2,1H3. The Bertz CT molecular complexity index is 751. The highest BCUT2D eigenvalue weighted by Gasteiger charge is 2.16. The first-order valence-corrected chi connectivity index (χ1v) is 9.14. The van der Waals surface area contributed by atoms with Gasteiger partial charge in [0.25, 0.3) is 0 Å². The topological polar surface area (TPSA) is 63.2 Å². The molecule has 1 saturated heterocycles. The minimum atomic E-state index is -3.22. The molecule has 0 N–H and O–H groups in total. The second-order valence-electron chi connectivity index (χ2n) is 5.55. The summed E-state index contributed by atoms with van der Waals surface area (Å²) in [7, 11) is -3.22. The molecule has 1 aromatic carbocycles. The molecule has 0 aliphatic carbocycles. The number of rotatable bonds is 2. The summed E-state index contributed by atoms with van der Waals surface area (Å²) in [6.45, 7) is 1.93. The van der Waals surface area contributed by atoms with Gasteiger partial charge >= 0.3 is 0 Å². The molecule has 21 heavy (non-hydrogen) atoms. The minimum Gasteiger partial charge on any atom is -0.356 e. The third kappa shape index (κ3) is 3.00. The highest BCUT2D eigenvalue weighted by molar-refractivity contribution is 7.90. The Labute approximate surface area is 124 Å². The quantitative estimate of drug-likeness (QED) is 0.852. The third-order valence-corrected chi connectivity index (χ3v) is 5.03. The van der Waals surface area contributed by atoms with E-state index in [1.54, 1.807) is 24.5 Å². The fourth-order valence-electron chi connectivity index (χ4n) is 2.79. The van der Waals surface area contributed by atoms with Crippen molar-refractivity contribution in [2.75, 3.05) is 24.2 Å². The van der Waals surface area contributed by atoms with Gasteiger partial charge in [0, 0.05) is 24.7 Å². The Hall–Kier alpha value is -1.69. The zero-order chi connectivity index (χ0) is 14.9. The maximum absolute atomic E-state index is 11.8. The molecule has 1 aliphatic heterocycles. The van der Waals surface area contributed by atoms with Gasteiger partial charge in [-0.3, -0.25) is 0 Å². The Morgan fingerprint density at radius 3 is 2.43 bits per heavy atom. The summed E-state index contributed by atoms with van der Waals surface area (Å²) in [5.74, 6) is 0.854. The minimum absolute atomic E-state index is 0.320. The van der Waals surface area contributed by atoms with Crippen LogP contribution in [0.5, 0.6) is 0 Å². The molecule has 6 heteroatoms. The van der Waals surface area contributed by atoms with E-state index in [1.807, 2.05) is 0 Å². The van der Waals surface area contributed by atoms with Gasteiger partial charge in [-0.15, -0.1) is 0 Å². The van der Waals surface area contributed by atoms with Crippen LogP contribution in [0.25, 0.3) is 10.9 Å². The molecule has 5 nitrogen and oxygen atoms in total. The second kappa shape index (κ2) is 5.60. The molecule has 1 aromatic heterocycles. The van der Waals surface area contributed by atoms with Gasteiger partial charge in [-0.25, -0.2) is 18.4 Å². The number of nitrogens with zero attached hydrogens (tertiary/aromatic N) is 3. The summed E-state index contributed by atoms with van der Waals surface area (Å²) in [5.41, 5.74) is 0.789. The van der Waals surface area contributed by atoms with Crippen LogP contribution in [0.3, 0.4) is 0 Å². The van der Waals surface area contributed by atoms with E-state index in [1.165, 1.54) is 19.1 Å². The largest absolute Gasteiger partial charge is 0.356 e. The Morgan fingerprint density at radius 2 is 1.76 bits per heavy atom. The van der Waals surface area contributed by atoms with E-state index in [0.29, 0.717) is 4.90 Å². The Kier molecular flexibility index (Phi) is 3.80. The van der Waals surface area contributed by atoms with Crippen molar-refractivity contribution in [3.05, 3.63) is 24.5 Å². The van der Waals surface area contributed by atoms with E-state index in [9.17, 15) is 8.42 Å². The van der Waals surface area contributed by atoms with Gasteiger partial charge in [-0.1, -0.05) is 12.8 Å². The third-order valence-electron chi connectivity index (χ3n) is 3.92. The van der Waals surface area contributed by atoms with Crippen LogP contribution in [-0.4, -0.2) is 37.7 Å². The lowest BCUT2D eigenvalue weighted by molar-refractivity contribution is 0.602. The molecule has 0 amide bonds. The van der Waals surface area contributed by atoms with E-state index in [4.69, 9.17) is 0 Å². The first kappa shape index (κ1) is 14.3. The number of hydrogen-bond acceptors (Lipinski definition) is 5. The van der Waals surface area contributed by atoms with Gasteiger partial charge in [0.1, 0.15) is 12.1 Å². The molecule has 0 saturated carbocycles. The van der Waals surface area contributed by atoms with Crippen LogP contribution in [0.2, 0.25) is 0 Å². The summed E-state index contributed by atoms with van der Waals surface area (Å²) in [6.07, 6.45) is 7.57. The van der Waals surface area contributed by atoms with Gasteiger partial charge < -0.3 is 4.90 Å². The van der Waals surface area contributed by atoms with Crippen molar-refractivity contribution >= 4 is 26.6 Å². The van der Waals surface area contributed by atoms with Crippen LogP contribution in [-0.2, 0) is 9.84 Å². The average Bonchev–Trinajstić information content (AvgIpc) is 2.74. The summed E-state index contributed by atoms with van der Waals surface area (Å²) in [4.78, 5) is 11.2. The van der Waals surface area contributed by atoms with Gasteiger partial charge in [-0.05, 0) is 31.0 Å². The number of benzene rings is 1. The number of aromatic nitrogens is 2. The molecule has 2 aromatic rings. The fraction of sp³-hybridized carbons (Fsp3) is 0.467. The highest BCUT2D eigenvalue weighted by Crippen LogP contribution is 2.27. The van der Waals surface area contributed by atoms with Crippen molar-refractivity contribution in [3.63, 3.8) is 0 Å². The summed E-state index contributed by atoms with van der Waals surface area (Å²) >= 11 is 0. The lowest BCUT2D eigenvalue weighted by Gasteiger charge is -2.22. The van der Waals surface area contributed by atoms with Crippen LogP contribution in [0.15, 0.2) is 29.4 Å². The molecule has 3 rings (SSSR count). The molecule has 0 spiro atoms. The van der Waals surface area contributed by atoms with Crippen molar-refractivity contribution in [1.29, 1.82) is 0 Å². The lowest BCUT2D eigenvalue weighted by Crippen LogP contribution is -2.25. The van der Waals surface area contributed by atoms with Crippen LogP contribution >= 0.6 is 0 Å². The van der Waals surface area contributed by atoms with Crippen molar-refractivity contribution in [3.8, 4) is 0 Å². The molecule has 112 valence electrons. The number of sulfone groups is 1. The maximum Gasteiger partial charge on any atom is 0.175 e. The van der Waals surface area contributed by atoms with E-state index in [2.05, 4.69) is 14.9 Å². The number of hydrogen-bond donors (Lipinski definition) is 0. The molecule has 1 aliphatic rings. The van der Waals surface area contributed by atoms with E-state index < -0.39 is 9.84 Å². The molecular formula is C15H19N3O2S. The van der Waals surface area contributed by atoms with Gasteiger partial charge in [-0.2, -0.15) is 0 Å². The van der Waals surface area contributed by atoms with E-state index >= 15 is 0 Å². The van der Waals surface area contributed by atoms with Gasteiger partial charge in [0.2, 0.25) is 0 Å². The van der Waals surface area contributed by atoms with Crippen molar-refractivity contribution in [2.24, 2.45) is 0 Å². The normalized spacial score (nSPS) is 16.9. The first-order chi connectivity index (χ1) is 10.1. The van der Waals surface area contributed by atoms with Crippen molar-refractivity contribution < 1.29 is 8.42 Å². The van der Waals surface area contributed by atoms with E-state index in [0.717, 1.165) is 42.7 Å². The summed E-state index contributed by atoms with van der Waals surface area (Å²) in [5, 5.41) is 0.822. The van der Waals surface area contributed by atoms with Gasteiger partial charge in [0.15, 0.2) is 9.84 Å². The van der Waals surface area contributed by atoms with Crippen LogP contribution in [0.1, 0.15) is 25.7 Å². The second-order valence-corrected chi connectivity index (χ2v) is 7.57. The molecule has 0 radical (unpaired) electrons. The van der Waals surface area contributed by atoms with Crippen LogP contribution < -0.4 is 4.90 Å². The average molecular weight is 305 g/mol. The van der Waals surface area contributed by atoms with Crippen molar-refractivity contribution in [2.45, 2.75) is 30.6 Å². The molecule has 0 atom stereocenters. The van der Waals surface area contributed by atoms with Crippen LogP contribution in [0.4, 0.5) is 5.82 Å². The van der Waals surface area contributed by atoms with Crippen LogP contribution in [0, 0.1) is 0 Å². The van der Waals surface area contributed by atoms with E-state index in [-0.39, 0.29) is 0 Å². The van der Waals surface area contributed by atoms with Crippen molar-refractivity contribution in [1.82, 2.24) is 9.97 Å². The Balaban J connectivity index is 2.13. The smallest absolute Gasteiger partial charge is 0.175 e. The highest BCUT2D eigenvalue weighted by atomic mass is 32.2. The molecule has 0 unspecified atom stereocenters. The zero-order valence-electron chi connectivity index (χ0n) is 12.1. The molecular weight excluding hydrogens is 286 g/mol. The first-order valence-electron chi connectivity index (χ1n) is 7.25. The Morgan fingerprint density at radius 1 is 1.05 bits per heavy atom. The monoisotopic (exact) mass is 305 g/mol. The summed E-state index contributed by atoms with van der Waals surface area (Å²) < 4.78 is 23.5. The maximum atomic E-state index is 11.8. The number of fused-ring (bicyclic) bond motifs is 1. The molecule has 0 bridgehead atoms. The zero-order valence-corrected chi connectivity index (χ0v) is 12.9. The predicted molar refractivity (Wildman–Crippen MR) is 83.3 cm³/mol.